The normalized spacial score (nSPS) is 13.2. The van der Waals surface area contributed by atoms with Gasteiger partial charge >= 0.3 is 5.97 Å². The van der Waals surface area contributed by atoms with Crippen molar-refractivity contribution >= 4 is 64.5 Å². The number of benzene rings is 6. The number of hydrogen-bond donors (Lipinski definition) is 5. The molecule has 0 spiro atoms. The smallest absolute Gasteiger partial charge is 0.325 e. The van der Waals surface area contributed by atoms with Crippen molar-refractivity contribution in [2.24, 2.45) is 5.92 Å². The minimum absolute atomic E-state index is 0.00677. The van der Waals surface area contributed by atoms with Crippen LogP contribution in [0.25, 0.3) is 0 Å². The summed E-state index contributed by atoms with van der Waals surface area (Å²) in [7, 11) is 1.21. The molecule has 0 saturated heterocycles. The number of thioether (sulfide) groups is 2. The van der Waals surface area contributed by atoms with Gasteiger partial charge in [-0.3, -0.25) is 24.0 Å². The van der Waals surface area contributed by atoms with E-state index >= 15 is 0 Å². The Hall–Kier alpha value is -7.30. The fourth-order valence-electron chi connectivity index (χ4n) is 9.13. The molecule has 398 valence electrons. The van der Waals surface area contributed by atoms with Gasteiger partial charge in [0, 0.05) is 17.6 Å². The van der Waals surface area contributed by atoms with E-state index < -0.39 is 75.8 Å². The van der Waals surface area contributed by atoms with E-state index in [1.54, 1.807) is 42.6 Å². The highest BCUT2D eigenvalue weighted by atomic mass is 32.2. The largest absolute Gasteiger partial charge is 0.468 e. The van der Waals surface area contributed by atoms with Crippen LogP contribution in [0.5, 0.6) is 0 Å². The summed E-state index contributed by atoms with van der Waals surface area (Å²) in [5.74, 6) is -2.93. The Bertz CT molecular complexity index is 2780. The molecule has 7 aromatic rings. The first-order valence-electron chi connectivity index (χ1n) is 25.5. The lowest BCUT2D eigenvalue weighted by atomic mass is 9.84. The first-order valence-corrected chi connectivity index (χ1v) is 28.4. The lowest BCUT2D eigenvalue weighted by molar-refractivity contribution is -0.141. The van der Waals surface area contributed by atoms with E-state index in [9.17, 15) is 29.1 Å². The minimum atomic E-state index is -1.27. The summed E-state index contributed by atoms with van der Waals surface area (Å²) in [6.45, 7) is 3.11. The van der Waals surface area contributed by atoms with Crippen LogP contribution in [0.4, 0.5) is 0 Å². The summed E-state index contributed by atoms with van der Waals surface area (Å²) in [6.07, 6.45) is 2.56. The van der Waals surface area contributed by atoms with E-state index in [2.05, 4.69) is 99.0 Å². The fourth-order valence-corrected chi connectivity index (χ4v) is 12.7. The molecule has 0 bridgehead atoms. The predicted molar refractivity (Wildman–Crippen MR) is 309 cm³/mol. The number of aliphatic hydroxyl groups excluding tert-OH is 1. The molecule has 1 heterocycles. The van der Waals surface area contributed by atoms with Crippen molar-refractivity contribution in [3.63, 3.8) is 0 Å². The molecule has 0 radical (unpaired) electrons. The van der Waals surface area contributed by atoms with Gasteiger partial charge in [0.1, 0.15) is 24.7 Å². The number of nitrogens with zero attached hydrogens (tertiary/aromatic N) is 1. The van der Waals surface area contributed by atoms with Crippen molar-refractivity contribution in [2.75, 3.05) is 25.2 Å². The van der Waals surface area contributed by atoms with E-state index in [-0.39, 0.29) is 18.6 Å². The number of nitrogens with one attached hydrogen (secondary N) is 4. The van der Waals surface area contributed by atoms with Crippen LogP contribution in [0.1, 0.15) is 65.8 Å². The second-order valence-electron chi connectivity index (χ2n) is 18.6. The number of esters is 1. The Labute approximate surface area is 463 Å². The van der Waals surface area contributed by atoms with Gasteiger partial charge in [0.05, 0.1) is 40.3 Å². The molecule has 12 nitrogen and oxygen atoms in total. The minimum Gasteiger partial charge on any atom is -0.468 e. The van der Waals surface area contributed by atoms with Crippen LogP contribution in [0.15, 0.2) is 205 Å². The summed E-state index contributed by atoms with van der Waals surface area (Å²) >= 11 is 4.57. The molecule has 0 aliphatic carbocycles. The molecular weight excluding hydrogens is 1020 g/mol. The molecule has 4 atom stereocenters. The van der Waals surface area contributed by atoms with Crippen molar-refractivity contribution in [1.29, 1.82) is 0 Å². The number of aromatic nitrogens is 1. The van der Waals surface area contributed by atoms with Gasteiger partial charge in [-0.1, -0.05) is 208 Å². The second kappa shape index (κ2) is 28.7. The number of thiazole rings is 1. The monoisotopic (exact) mass is 1090 g/mol. The van der Waals surface area contributed by atoms with Crippen molar-refractivity contribution in [3.8, 4) is 0 Å². The van der Waals surface area contributed by atoms with E-state index in [0.29, 0.717) is 17.9 Å². The fraction of sp³-hybridized carbons (Fsp3) is 0.258. The Balaban J connectivity index is 1.11. The molecule has 0 aliphatic rings. The average molecular weight is 1090 g/mol. The van der Waals surface area contributed by atoms with Gasteiger partial charge < -0.3 is 31.1 Å². The number of methoxy groups -OCH3 is 1. The number of hydrogen-bond acceptors (Lipinski definition) is 11. The van der Waals surface area contributed by atoms with E-state index in [4.69, 9.17) is 4.74 Å². The molecular formula is C62H65N5O7S3. The molecule has 6 aromatic carbocycles. The molecule has 0 fully saturated rings. The standard InChI is InChI=1S/C62H65N5O7S3/c1-44(2)57(60(73)63-40-56(70)74-3)67-59(72)54(42-77-62(48-30-16-7-17-31-48,49-32-18-8-19-33-49)50-34-20-9-21-35-50)66-58(71)53(38-51-41-75-43-64-51)65-55(69)39-52(68)36-22-23-37-76-61(45-24-10-4-11-25-45,46-26-12-5-13-27-46)47-28-14-6-15-29-47/h4-22,24-36,41,43-44,52-54,57,68H,23,37-40,42H2,1-3H3,(H,63,73)(H,65,69)(H,66,71)(H,67,72). The van der Waals surface area contributed by atoms with Crippen LogP contribution in [0.3, 0.4) is 0 Å². The van der Waals surface area contributed by atoms with Gasteiger partial charge in [0.25, 0.3) is 0 Å². The molecule has 7 rings (SSSR count). The summed E-state index contributed by atoms with van der Waals surface area (Å²) in [6, 6.07) is 57.3. The van der Waals surface area contributed by atoms with Crippen LogP contribution < -0.4 is 21.3 Å². The molecule has 0 saturated carbocycles. The summed E-state index contributed by atoms with van der Waals surface area (Å²) < 4.78 is 3.31. The van der Waals surface area contributed by atoms with Crippen LogP contribution in [-0.4, -0.2) is 89.1 Å². The topological polar surface area (TPSA) is 176 Å². The Morgan fingerprint density at radius 2 is 1.05 bits per heavy atom. The van der Waals surface area contributed by atoms with Crippen molar-refractivity contribution < 1.29 is 33.8 Å². The van der Waals surface area contributed by atoms with Gasteiger partial charge in [-0.05, 0) is 51.5 Å². The Morgan fingerprint density at radius 1 is 0.610 bits per heavy atom. The van der Waals surface area contributed by atoms with Crippen LogP contribution in [0, 0.1) is 5.92 Å². The van der Waals surface area contributed by atoms with E-state index in [1.807, 2.05) is 115 Å². The van der Waals surface area contributed by atoms with Crippen molar-refractivity contribution in [2.45, 2.75) is 66.8 Å². The van der Waals surface area contributed by atoms with Crippen LogP contribution in [0.2, 0.25) is 0 Å². The summed E-state index contributed by atoms with van der Waals surface area (Å²) in [4.78, 5) is 73.4. The lowest BCUT2D eigenvalue weighted by Gasteiger charge is -2.37. The highest BCUT2D eigenvalue weighted by Crippen LogP contribution is 2.50. The summed E-state index contributed by atoms with van der Waals surface area (Å²) in [5, 5.41) is 24.2. The van der Waals surface area contributed by atoms with Gasteiger partial charge in [-0.15, -0.1) is 34.9 Å². The molecule has 1 aromatic heterocycles. The quantitative estimate of drug-likeness (QED) is 0.0145. The molecule has 77 heavy (non-hydrogen) atoms. The third-order valence-electron chi connectivity index (χ3n) is 13.0. The zero-order chi connectivity index (χ0) is 54.5. The first kappa shape index (κ1) is 57.4. The molecule has 15 heteroatoms. The first-order chi connectivity index (χ1) is 37.4. The average Bonchev–Trinajstić information content (AvgIpc) is 3.99. The van der Waals surface area contributed by atoms with Gasteiger partial charge in [0.2, 0.25) is 23.6 Å². The maximum atomic E-state index is 14.8. The van der Waals surface area contributed by atoms with Crippen molar-refractivity contribution in [3.05, 3.63) is 244 Å². The van der Waals surface area contributed by atoms with Gasteiger partial charge in [-0.2, -0.15) is 0 Å². The third-order valence-corrected chi connectivity index (χ3v) is 16.8. The maximum Gasteiger partial charge on any atom is 0.325 e. The SMILES string of the molecule is COC(=O)CNC(=O)C(NC(=O)C(CSC(c1ccccc1)(c1ccccc1)c1ccccc1)NC(=O)C(Cc1cscn1)NC(=O)CC(O)C=CCCSC(c1ccccc1)(c1ccccc1)c1ccccc1)C(C)C. The van der Waals surface area contributed by atoms with Crippen LogP contribution in [-0.2, 0) is 44.6 Å². The summed E-state index contributed by atoms with van der Waals surface area (Å²) in [5.41, 5.74) is 8.38. The molecule has 0 aliphatic heterocycles. The third kappa shape index (κ3) is 15.2. The Morgan fingerprint density at radius 3 is 1.47 bits per heavy atom. The van der Waals surface area contributed by atoms with E-state index in [0.717, 1.165) is 33.4 Å². The second-order valence-corrected chi connectivity index (χ2v) is 21.9. The van der Waals surface area contributed by atoms with Crippen LogP contribution >= 0.6 is 34.9 Å². The zero-order valence-electron chi connectivity index (χ0n) is 43.3. The van der Waals surface area contributed by atoms with Crippen molar-refractivity contribution in [1.82, 2.24) is 26.3 Å². The highest BCUT2D eigenvalue weighted by Gasteiger charge is 2.40. The van der Waals surface area contributed by atoms with Gasteiger partial charge in [0.15, 0.2) is 0 Å². The van der Waals surface area contributed by atoms with Gasteiger partial charge in [-0.25, -0.2) is 4.98 Å². The molecule has 4 unspecified atom stereocenters. The number of amides is 4. The maximum absolute atomic E-state index is 14.8. The molecule has 4 amide bonds. The lowest BCUT2D eigenvalue weighted by Crippen LogP contribution is -2.59. The number of carbonyl (C=O) groups excluding carboxylic acids is 5. The molecule has 5 N–H and O–H groups in total. The highest BCUT2D eigenvalue weighted by molar-refractivity contribution is 8.00. The Kier molecular flexibility index (Phi) is 21.4. The predicted octanol–water partition coefficient (Wildman–Crippen LogP) is 9.23. The number of rotatable bonds is 27. The zero-order valence-corrected chi connectivity index (χ0v) is 45.8. The number of allylic oxidation sites excluding steroid dienone is 1. The number of aliphatic hydroxyl groups is 1. The number of carbonyl (C=O) groups is 5. The van der Waals surface area contributed by atoms with E-state index in [1.165, 1.54) is 30.2 Å². The number of ether oxygens (including phenoxy) is 1.